The van der Waals surface area contributed by atoms with Crippen molar-refractivity contribution in [1.29, 1.82) is 0 Å². The molecule has 124 valence electrons. The van der Waals surface area contributed by atoms with Crippen molar-refractivity contribution in [1.82, 2.24) is 20.5 Å². The van der Waals surface area contributed by atoms with E-state index in [1.165, 1.54) is 32.5 Å². The van der Waals surface area contributed by atoms with Crippen molar-refractivity contribution < 1.29 is 0 Å². The second-order valence-electron chi connectivity index (χ2n) is 6.10. The van der Waals surface area contributed by atoms with E-state index in [0.717, 1.165) is 36.2 Å². The molecular weight excluding hydrogens is 294 g/mol. The lowest BCUT2D eigenvalue weighted by molar-refractivity contribution is 0.287. The highest BCUT2D eigenvalue weighted by atomic mass is 32.1. The molecule has 1 aliphatic heterocycles. The Morgan fingerprint density at radius 3 is 2.82 bits per heavy atom. The zero-order chi connectivity index (χ0) is 15.8. The number of rotatable bonds is 7. The molecule has 0 aromatic carbocycles. The molecule has 22 heavy (non-hydrogen) atoms. The van der Waals surface area contributed by atoms with Crippen LogP contribution in [0.1, 0.15) is 30.5 Å². The monoisotopic (exact) mass is 323 g/mol. The highest BCUT2D eigenvalue weighted by molar-refractivity contribution is 7.09. The summed E-state index contributed by atoms with van der Waals surface area (Å²) < 4.78 is 0. The van der Waals surface area contributed by atoms with Crippen molar-refractivity contribution in [3.05, 3.63) is 16.1 Å². The smallest absolute Gasteiger partial charge is 0.190 e. The highest BCUT2D eigenvalue weighted by Crippen LogP contribution is 2.10. The van der Waals surface area contributed by atoms with Gasteiger partial charge < -0.3 is 15.5 Å². The maximum Gasteiger partial charge on any atom is 0.190 e. The van der Waals surface area contributed by atoms with Crippen molar-refractivity contribution in [2.24, 2.45) is 10.9 Å². The maximum absolute atomic E-state index is 4.48. The Hall–Kier alpha value is -1.14. The van der Waals surface area contributed by atoms with Gasteiger partial charge in [0.05, 0.1) is 10.7 Å². The van der Waals surface area contributed by atoms with Crippen molar-refractivity contribution in [3.63, 3.8) is 0 Å². The second kappa shape index (κ2) is 9.10. The lowest BCUT2D eigenvalue weighted by Gasteiger charge is -2.21. The molecule has 1 saturated heterocycles. The molecule has 2 rings (SSSR count). The Bertz CT molecular complexity index is 465. The number of hydrogen-bond acceptors (Lipinski definition) is 4. The average Bonchev–Trinajstić information content (AvgIpc) is 3.14. The molecule has 2 heterocycles. The third kappa shape index (κ3) is 5.93. The summed E-state index contributed by atoms with van der Waals surface area (Å²) in [6.07, 6.45) is 3.66. The SMILES string of the molecule is CN=C(NCCc1csc(C)n1)NCC(C)CN1CCCC1. The zero-order valence-electron chi connectivity index (χ0n) is 14.1. The van der Waals surface area contributed by atoms with Crippen LogP contribution in [0.4, 0.5) is 0 Å². The number of aliphatic imine (C=N–C) groups is 1. The fourth-order valence-corrected chi connectivity index (χ4v) is 3.44. The summed E-state index contributed by atoms with van der Waals surface area (Å²) >= 11 is 1.71. The first-order valence-corrected chi connectivity index (χ1v) is 9.13. The largest absolute Gasteiger partial charge is 0.356 e. The van der Waals surface area contributed by atoms with E-state index in [-0.39, 0.29) is 0 Å². The molecule has 6 heteroatoms. The molecule has 5 nitrogen and oxygen atoms in total. The number of aryl methyl sites for hydroxylation is 1. The summed E-state index contributed by atoms with van der Waals surface area (Å²) in [7, 11) is 1.83. The van der Waals surface area contributed by atoms with Crippen molar-refractivity contribution in [2.75, 3.05) is 39.8 Å². The standard InChI is InChI=1S/C16H29N5S/c1-13(11-21-8-4-5-9-21)10-19-16(17-3)18-7-6-15-12-22-14(2)20-15/h12-13H,4-11H2,1-3H3,(H2,17,18,19). The first-order valence-electron chi connectivity index (χ1n) is 8.25. The molecule has 2 N–H and O–H groups in total. The highest BCUT2D eigenvalue weighted by Gasteiger charge is 2.14. The molecule has 1 unspecified atom stereocenters. The minimum absolute atomic E-state index is 0.637. The van der Waals surface area contributed by atoms with Crippen LogP contribution in [0.25, 0.3) is 0 Å². The van der Waals surface area contributed by atoms with Crippen LogP contribution in [0.3, 0.4) is 0 Å². The topological polar surface area (TPSA) is 52.6 Å². The summed E-state index contributed by atoms with van der Waals surface area (Å²) in [6, 6.07) is 0. The molecule has 1 fully saturated rings. The van der Waals surface area contributed by atoms with E-state index in [1.54, 1.807) is 11.3 Å². The molecule has 0 amide bonds. The predicted molar refractivity (Wildman–Crippen MR) is 94.8 cm³/mol. The molecule has 0 saturated carbocycles. The number of nitrogens with one attached hydrogen (secondary N) is 2. The lowest BCUT2D eigenvalue weighted by Crippen LogP contribution is -2.42. The van der Waals surface area contributed by atoms with Crippen LogP contribution in [0.15, 0.2) is 10.4 Å². The predicted octanol–water partition coefficient (Wildman–Crippen LogP) is 1.89. The van der Waals surface area contributed by atoms with Crippen molar-refractivity contribution in [3.8, 4) is 0 Å². The van der Waals surface area contributed by atoms with Crippen LogP contribution in [0.2, 0.25) is 0 Å². The van der Waals surface area contributed by atoms with E-state index in [0.29, 0.717) is 5.92 Å². The molecule has 1 aliphatic rings. The molecule has 1 aromatic rings. The molecule has 1 aromatic heterocycles. The van der Waals surface area contributed by atoms with Gasteiger partial charge in [0.25, 0.3) is 0 Å². The Morgan fingerprint density at radius 2 is 2.18 bits per heavy atom. The Balaban J connectivity index is 1.61. The zero-order valence-corrected chi connectivity index (χ0v) is 14.9. The van der Waals surface area contributed by atoms with E-state index in [2.05, 4.69) is 37.8 Å². The number of aromatic nitrogens is 1. The third-order valence-corrected chi connectivity index (χ3v) is 4.77. The molecule has 0 radical (unpaired) electrons. The number of hydrogen-bond donors (Lipinski definition) is 2. The first kappa shape index (κ1) is 17.2. The second-order valence-corrected chi connectivity index (χ2v) is 7.16. The average molecular weight is 324 g/mol. The molecule has 0 aliphatic carbocycles. The van der Waals surface area contributed by atoms with Crippen LogP contribution in [0.5, 0.6) is 0 Å². The van der Waals surface area contributed by atoms with Gasteiger partial charge in [-0.25, -0.2) is 4.98 Å². The third-order valence-electron chi connectivity index (χ3n) is 3.95. The van der Waals surface area contributed by atoms with Gasteiger partial charge in [-0.1, -0.05) is 6.92 Å². The Kier molecular flexibility index (Phi) is 7.12. The van der Waals surface area contributed by atoms with Crippen LogP contribution >= 0.6 is 11.3 Å². The summed E-state index contributed by atoms with van der Waals surface area (Å²) in [5.41, 5.74) is 1.16. The Morgan fingerprint density at radius 1 is 1.41 bits per heavy atom. The molecule has 1 atom stereocenters. The minimum atomic E-state index is 0.637. The number of thiazole rings is 1. The molecule has 0 spiro atoms. The Labute approximate surface area is 138 Å². The van der Waals surface area contributed by atoms with Gasteiger partial charge in [0, 0.05) is 38.5 Å². The van der Waals surface area contributed by atoms with E-state index in [1.807, 2.05) is 14.0 Å². The molecular formula is C16H29N5S. The van der Waals surface area contributed by atoms with E-state index in [4.69, 9.17) is 0 Å². The first-order chi connectivity index (χ1) is 10.7. The summed E-state index contributed by atoms with van der Waals surface area (Å²) in [5, 5.41) is 10.1. The van der Waals surface area contributed by atoms with Gasteiger partial charge in [-0.2, -0.15) is 0 Å². The molecule has 0 bridgehead atoms. The fourth-order valence-electron chi connectivity index (χ4n) is 2.79. The normalized spacial score (nSPS) is 17.7. The van der Waals surface area contributed by atoms with Crippen molar-refractivity contribution >= 4 is 17.3 Å². The fraction of sp³-hybridized carbons (Fsp3) is 0.750. The van der Waals surface area contributed by atoms with E-state index in [9.17, 15) is 0 Å². The lowest BCUT2D eigenvalue weighted by atomic mass is 10.1. The summed E-state index contributed by atoms with van der Waals surface area (Å²) in [4.78, 5) is 11.3. The van der Waals surface area contributed by atoms with Gasteiger partial charge >= 0.3 is 0 Å². The van der Waals surface area contributed by atoms with Gasteiger partial charge in [0.1, 0.15) is 0 Å². The minimum Gasteiger partial charge on any atom is -0.356 e. The quantitative estimate of drug-likeness (QED) is 0.594. The van der Waals surface area contributed by atoms with Crippen LogP contribution in [0, 0.1) is 12.8 Å². The summed E-state index contributed by atoms with van der Waals surface area (Å²) in [6.45, 7) is 9.90. The maximum atomic E-state index is 4.48. The van der Waals surface area contributed by atoms with Gasteiger partial charge in [-0.15, -0.1) is 11.3 Å². The number of guanidine groups is 1. The van der Waals surface area contributed by atoms with Crippen LogP contribution < -0.4 is 10.6 Å². The van der Waals surface area contributed by atoms with Crippen molar-refractivity contribution in [2.45, 2.75) is 33.1 Å². The summed E-state index contributed by atoms with van der Waals surface area (Å²) in [5.74, 6) is 1.53. The van der Waals surface area contributed by atoms with Gasteiger partial charge in [0.15, 0.2) is 5.96 Å². The van der Waals surface area contributed by atoms with Gasteiger partial charge in [0.2, 0.25) is 0 Å². The van der Waals surface area contributed by atoms with E-state index >= 15 is 0 Å². The van der Waals surface area contributed by atoms with Gasteiger partial charge in [-0.3, -0.25) is 4.99 Å². The van der Waals surface area contributed by atoms with Crippen LogP contribution in [-0.2, 0) is 6.42 Å². The van der Waals surface area contributed by atoms with Crippen LogP contribution in [-0.4, -0.2) is 55.6 Å². The number of nitrogens with zero attached hydrogens (tertiary/aromatic N) is 3. The van der Waals surface area contributed by atoms with Gasteiger partial charge in [-0.05, 0) is 38.8 Å². The van der Waals surface area contributed by atoms with E-state index < -0.39 is 0 Å². The number of likely N-dealkylation sites (tertiary alicyclic amines) is 1.